The van der Waals surface area contributed by atoms with E-state index in [0.29, 0.717) is 33.2 Å². The van der Waals surface area contributed by atoms with Gasteiger partial charge in [0, 0.05) is 27.3 Å². The van der Waals surface area contributed by atoms with Crippen molar-refractivity contribution in [2.45, 2.75) is 13.5 Å². The molecule has 162 valence electrons. The number of Topliss-reactive ketones (excluding diaryl/α,β-unsaturated/α-hetero) is 1. The third-order valence-corrected chi connectivity index (χ3v) is 6.10. The van der Waals surface area contributed by atoms with Gasteiger partial charge in [0.15, 0.2) is 0 Å². The summed E-state index contributed by atoms with van der Waals surface area (Å²) in [4.78, 5) is 29.7. The molecule has 2 aromatic carbocycles. The smallest absolute Gasteiger partial charge is 0.296 e. The van der Waals surface area contributed by atoms with Crippen LogP contribution in [0.1, 0.15) is 21.5 Å². The van der Waals surface area contributed by atoms with Crippen LogP contribution in [-0.2, 0) is 11.3 Å². The number of carbonyl (C=O) groups excluding carboxylic acids is 2. The van der Waals surface area contributed by atoms with Gasteiger partial charge >= 0.3 is 0 Å². The average Bonchev–Trinajstić information content (AvgIpc) is 3.00. The van der Waals surface area contributed by atoms with Gasteiger partial charge in [-0.15, -0.1) is 0 Å². The summed E-state index contributed by atoms with van der Waals surface area (Å²) in [6.07, 6.45) is 1.43. The number of hydrogen-bond acceptors (Lipinski definition) is 3. The monoisotopic (exact) mass is 505 g/mol. The zero-order valence-electron chi connectivity index (χ0n) is 16.6. The standard InChI is InChI=1S/C23H15Cl4N3O2/c1-12-2-5-18-16(8-12)20(21(31)23(32)29-15-6-7-28-19(26)10-15)22(27)30(18)11-13-3-4-14(24)9-17(13)25/h2-10H,11H2,1H3,(H,28,29,32). The van der Waals surface area contributed by atoms with Crippen molar-refractivity contribution in [1.82, 2.24) is 9.55 Å². The number of halogens is 4. The zero-order valence-corrected chi connectivity index (χ0v) is 19.6. The van der Waals surface area contributed by atoms with Gasteiger partial charge in [0.25, 0.3) is 11.7 Å². The molecule has 0 atom stereocenters. The molecule has 0 spiro atoms. The van der Waals surface area contributed by atoms with E-state index in [0.717, 1.165) is 11.1 Å². The van der Waals surface area contributed by atoms with Gasteiger partial charge in [-0.1, -0.05) is 64.1 Å². The highest BCUT2D eigenvalue weighted by Gasteiger charge is 2.27. The Morgan fingerprint density at radius 2 is 1.78 bits per heavy atom. The minimum absolute atomic E-state index is 0.119. The van der Waals surface area contributed by atoms with Crippen LogP contribution in [-0.4, -0.2) is 21.2 Å². The average molecular weight is 507 g/mol. The van der Waals surface area contributed by atoms with Crippen molar-refractivity contribution in [3.63, 3.8) is 0 Å². The molecule has 0 aliphatic carbocycles. The van der Waals surface area contributed by atoms with Crippen LogP contribution in [0.5, 0.6) is 0 Å². The van der Waals surface area contributed by atoms with E-state index >= 15 is 0 Å². The summed E-state index contributed by atoms with van der Waals surface area (Å²) in [5, 5.41) is 4.45. The van der Waals surface area contributed by atoms with E-state index in [9.17, 15) is 9.59 Å². The Morgan fingerprint density at radius 1 is 1.00 bits per heavy atom. The molecule has 9 heteroatoms. The minimum atomic E-state index is -0.834. The third-order valence-electron chi connectivity index (χ3n) is 4.92. The predicted molar refractivity (Wildman–Crippen MR) is 129 cm³/mol. The molecule has 0 saturated carbocycles. The lowest BCUT2D eigenvalue weighted by molar-refractivity contribution is -0.112. The Hall–Kier alpha value is -2.57. The first kappa shape index (κ1) is 22.6. The maximum Gasteiger partial charge on any atom is 0.296 e. The molecule has 1 amide bonds. The summed E-state index contributed by atoms with van der Waals surface area (Å²) in [6, 6.07) is 13.7. The number of rotatable bonds is 5. The molecule has 0 unspecified atom stereocenters. The largest absolute Gasteiger partial charge is 0.326 e. The summed E-state index contributed by atoms with van der Waals surface area (Å²) in [7, 11) is 0. The van der Waals surface area contributed by atoms with Gasteiger partial charge in [0.05, 0.1) is 17.6 Å². The number of ketones is 1. The van der Waals surface area contributed by atoms with E-state index in [1.807, 2.05) is 25.1 Å². The molecule has 0 fully saturated rings. The second kappa shape index (κ2) is 9.12. The first-order valence-electron chi connectivity index (χ1n) is 9.44. The van der Waals surface area contributed by atoms with Crippen molar-refractivity contribution in [3.8, 4) is 0 Å². The highest BCUT2D eigenvalue weighted by atomic mass is 35.5. The normalized spacial score (nSPS) is 11.0. The Morgan fingerprint density at radius 3 is 2.50 bits per heavy atom. The zero-order chi connectivity index (χ0) is 23.0. The summed E-state index contributed by atoms with van der Waals surface area (Å²) in [5.41, 5.74) is 2.87. The SMILES string of the molecule is Cc1ccc2c(c1)c(C(=O)C(=O)Nc1ccnc(Cl)c1)c(Cl)n2Cc1ccc(Cl)cc1Cl. The lowest BCUT2D eigenvalue weighted by Gasteiger charge is -2.10. The molecule has 0 aliphatic rings. The van der Waals surface area contributed by atoms with Gasteiger partial charge in [0.1, 0.15) is 10.3 Å². The molecule has 0 bridgehead atoms. The number of carbonyl (C=O) groups is 2. The Kier molecular flexibility index (Phi) is 6.45. The third kappa shape index (κ3) is 4.48. The fourth-order valence-electron chi connectivity index (χ4n) is 3.41. The van der Waals surface area contributed by atoms with Crippen LogP contribution in [0.25, 0.3) is 10.9 Å². The second-order valence-corrected chi connectivity index (χ2v) is 8.75. The van der Waals surface area contributed by atoms with Gasteiger partial charge in [-0.25, -0.2) is 4.98 Å². The van der Waals surface area contributed by atoms with E-state index in [2.05, 4.69) is 10.3 Å². The van der Waals surface area contributed by atoms with Crippen molar-refractivity contribution in [3.05, 3.63) is 91.8 Å². The minimum Gasteiger partial charge on any atom is -0.326 e. The van der Waals surface area contributed by atoms with Crippen LogP contribution in [0.2, 0.25) is 20.4 Å². The highest BCUT2D eigenvalue weighted by molar-refractivity contribution is 6.52. The van der Waals surface area contributed by atoms with E-state index in [1.54, 1.807) is 22.8 Å². The van der Waals surface area contributed by atoms with Crippen molar-refractivity contribution in [2.24, 2.45) is 0 Å². The number of anilines is 1. The number of nitrogens with one attached hydrogen (secondary N) is 1. The van der Waals surface area contributed by atoms with E-state index in [1.165, 1.54) is 18.3 Å². The van der Waals surface area contributed by atoms with Gasteiger partial charge in [-0.05, 0) is 48.9 Å². The number of nitrogens with zero attached hydrogens (tertiary/aromatic N) is 2. The number of fused-ring (bicyclic) bond motifs is 1. The molecule has 2 aromatic heterocycles. The summed E-state index contributed by atoms with van der Waals surface area (Å²) in [5.74, 6) is -1.60. The Labute approximate surface area is 203 Å². The van der Waals surface area contributed by atoms with E-state index in [-0.39, 0.29) is 15.9 Å². The lowest BCUT2D eigenvalue weighted by Crippen LogP contribution is -2.23. The van der Waals surface area contributed by atoms with E-state index in [4.69, 9.17) is 46.4 Å². The fraction of sp³-hybridized carbons (Fsp3) is 0.0870. The topological polar surface area (TPSA) is 64.0 Å². The van der Waals surface area contributed by atoms with E-state index < -0.39 is 11.7 Å². The van der Waals surface area contributed by atoms with Crippen LogP contribution in [0.15, 0.2) is 54.7 Å². The Bertz CT molecular complexity index is 1380. The first-order chi connectivity index (χ1) is 15.2. The molecule has 32 heavy (non-hydrogen) atoms. The molecule has 4 aromatic rings. The summed E-state index contributed by atoms with van der Waals surface area (Å²) < 4.78 is 1.75. The molecule has 0 radical (unpaired) electrons. The van der Waals surface area contributed by atoms with Gasteiger partial charge in [0.2, 0.25) is 0 Å². The lowest BCUT2D eigenvalue weighted by atomic mass is 10.1. The van der Waals surface area contributed by atoms with Crippen molar-refractivity contribution < 1.29 is 9.59 Å². The van der Waals surface area contributed by atoms with Crippen LogP contribution in [0.3, 0.4) is 0 Å². The maximum atomic E-state index is 13.2. The molecular formula is C23H15Cl4N3O2. The number of benzene rings is 2. The Balaban J connectivity index is 1.77. The molecule has 4 rings (SSSR count). The van der Waals surface area contributed by atoms with Crippen LogP contribution in [0.4, 0.5) is 5.69 Å². The number of amides is 1. The summed E-state index contributed by atoms with van der Waals surface area (Å²) >= 11 is 24.9. The first-order valence-corrected chi connectivity index (χ1v) is 11.0. The van der Waals surface area contributed by atoms with Gasteiger partial charge in [-0.3, -0.25) is 9.59 Å². The second-order valence-electron chi connectivity index (χ2n) is 7.16. The quantitative estimate of drug-likeness (QED) is 0.183. The number of aryl methyl sites for hydroxylation is 1. The molecule has 0 saturated heterocycles. The molecular weight excluding hydrogens is 492 g/mol. The van der Waals surface area contributed by atoms with Crippen LogP contribution < -0.4 is 5.32 Å². The predicted octanol–water partition coefficient (Wildman–Crippen LogP) is 6.83. The molecule has 2 heterocycles. The highest BCUT2D eigenvalue weighted by Crippen LogP contribution is 2.33. The summed E-state index contributed by atoms with van der Waals surface area (Å²) in [6.45, 7) is 2.19. The van der Waals surface area contributed by atoms with Gasteiger partial charge in [-0.2, -0.15) is 0 Å². The molecule has 1 N–H and O–H groups in total. The van der Waals surface area contributed by atoms with Crippen molar-refractivity contribution in [1.29, 1.82) is 0 Å². The molecule has 5 nitrogen and oxygen atoms in total. The van der Waals surface area contributed by atoms with Crippen LogP contribution in [0, 0.1) is 6.92 Å². The number of aromatic nitrogens is 2. The fourth-order valence-corrected chi connectivity index (χ4v) is 4.39. The maximum absolute atomic E-state index is 13.2. The number of pyridine rings is 1. The molecule has 0 aliphatic heterocycles. The van der Waals surface area contributed by atoms with Gasteiger partial charge < -0.3 is 9.88 Å². The number of hydrogen-bond donors (Lipinski definition) is 1. The van der Waals surface area contributed by atoms with Crippen LogP contribution >= 0.6 is 46.4 Å². The van der Waals surface area contributed by atoms with Crippen molar-refractivity contribution in [2.75, 3.05) is 5.32 Å². The van der Waals surface area contributed by atoms with Crippen molar-refractivity contribution >= 4 is 74.7 Å².